The van der Waals surface area contributed by atoms with Gasteiger partial charge in [-0.2, -0.15) is 11.8 Å². The molecule has 1 aromatic carbocycles. The zero-order valence-electron chi connectivity index (χ0n) is 18.5. The Morgan fingerprint density at radius 2 is 1.77 bits per heavy atom. The topological polar surface area (TPSA) is 90.9 Å². The summed E-state index contributed by atoms with van der Waals surface area (Å²) in [5.74, 6) is 1.70. The Labute approximate surface area is 185 Å². The van der Waals surface area contributed by atoms with Crippen LogP contribution in [-0.2, 0) is 25.4 Å². The van der Waals surface area contributed by atoms with Crippen LogP contribution in [0.15, 0.2) is 34.1 Å². The second-order valence-corrected chi connectivity index (χ2v) is 8.94. The second kappa shape index (κ2) is 10.00. The van der Waals surface area contributed by atoms with Gasteiger partial charge in [0.05, 0.1) is 6.33 Å². The molecule has 0 spiro atoms. The number of benzene rings is 1. The molecule has 0 aliphatic rings. The Hall–Kier alpha value is -2.81. The first kappa shape index (κ1) is 22.9. The van der Waals surface area contributed by atoms with Crippen LogP contribution >= 0.6 is 11.8 Å². The highest BCUT2D eigenvalue weighted by Gasteiger charge is 2.14. The number of nitrogens with one attached hydrogen (secondary N) is 1. The molecular weight excluding hydrogens is 414 g/mol. The lowest BCUT2D eigenvalue weighted by molar-refractivity contribution is -0.116. The number of amides is 1. The highest BCUT2D eigenvalue weighted by atomic mass is 32.2. The molecule has 0 aliphatic heterocycles. The minimum atomic E-state index is -0.343. The summed E-state index contributed by atoms with van der Waals surface area (Å²) in [5.41, 5.74) is 3.22. The van der Waals surface area contributed by atoms with Crippen molar-refractivity contribution in [3.63, 3.8) is 0 Å². The fraction of sp³-hybridized carbons (Fsp3) is 0.455. The zero-order chi connectivity index (χ0) is 22.5. The normalized spacial score (nSPS) is 11.2. The van der Waals surface area contributed by atoms with Crippen molar-refractivity contribution in [2.24, 2.45) is 14.1 Å². The maximum absolute atomic E-state index is 12.7. The van der Waals surface area contributed by atoms with Crippen LogP contribution in [0.1, 0.15) is 30.4 Å². The third-order valence-electron chi connectivity index (χ3n) is 5.31. The van der Waals surface area contributed by atoms with Crippen LogP contribution in [0.4, 0.5) is 5.69 Å². The lowest BCUT2D eigenvalue weighted by Crippen LogP contribution is -2.39. The van der Waals surface area contributed by atoms with Gasteiger partial charge in [0, 0.05) is 32.7 Å². The first-order chi connectivity index (χ1) is 14.8. The number of anilines is 1. The maximum atomic E-state index is 12.7. The van der Waals surface area contributed by atoms with Crippen LogP contribution in [0, 0.1) is 13.8 Å². The number of carbonyl (C=O) groups is 1. The molecule has 0 saturated carbocycles. The van der Waals surface area contributed by atoms with Crippen molar-refractivity contribution < 1.29 is 4.79 Å². The number of aromatic nitrogens is 4. The molecule has 8 nitrogen and oxygen atoms in total. The van der Waals surface area contributed by atoms with Crippen LogP contribution in [0.5, 0.6) is 0 Å². The predicted octanol–water partition coefficient (Wildman–Crippen LogP) is 2.59. The molecule has 0 unspecified atom stereocenters. The number of hydrogen-bond acceptors (Lipinski definition) is 5. The van der Waals surface area contributed by atoms with Crippen LogP contribution in [0.25, 0.3) is 11.2 Å². The fourth-order valence-electron chi connectivity index (χ4n) is 3.57. The maximum Gasteiger partial charge on any atom is 0.332 e. The van der Waals surface area contributed by atoms with E-state index in [1.807, 2.05) is 32.0 Å². The Bertz CT molecular complexity index is 1190. The number of para-hydroxylation sites is 1. The Kier molecular flexibility index (Phi) is 7.37. The molecule has 31 heavy (non-hydrogen) atoms. The Morgan fingerprint density at radius 3 is 2.48 bits per heavy atom. The molecule has 9 heteroatoms. The number of rotatable bonds is 9. The fourth-order valence-corrected chi connectivity index (χ4v) is 4.45. The molecule has 0 aliphatic carbocycles. The number of hydrogen-bond donors (Lipinski definition) is 1. The quantitative estimate of drug-likeness (QED) is 0.514. The van der Waals surface area contributed by atoms with Crippen LogP contribution < -0.4 is 16.6 Å². The van der Waals surface area contributed by atoms with Crippen molar-refractivity contribution in [3.8, 4) is 0 Å². The number of thioether (sulfide) groups is 1. The van der Waals surface area contributed by atoms with E-state index in [0.717, 1.165) is 34.7 Å². The van der Waals surface area contributed by atoms with Gasteiger partial charge in [-0.25, -0.2) is 9.78 Å². The van der Waals surface area contributed by atoms with Crippen molar-refractivity contribution in [2.75, 3.05) is 16.8 Å². The predicted molar refractivity (Wildman–Crippen MR) is 126 cm³/mol. The molecule has 2 heterocycles. The van der Waals surface area contributed by atoms with E-state index >= 15 is 0 Å². The number of aryl methyl sites for hydroxylation is 4. The van der Waals surface area contributed by atoms with Gasteiger partial charge in [0.15, 0.2) is 11.2 Å². The Balaban J connectivity index is 1.43. The Morgan fingerprint density at radius 1 is 1.10 bits per heavy atom. The molecule has 2 aromatic heterocycles. The van der Waals surface area contributed by atoms with E-state index in [1.54, 1.807) is 36.8 Å². The van der Waals surface area contributed by atoms with E-state index in [2.05, 4.69) is 10.3 Å². The molecule has 3 rings (SSSR count). The summed E-state index contributed by atoms with van der Waals surface area (Å²) in [5, 5.41) is 3.01. The smallest absolute Gasteiger partial charge is 0.328 e. The third kappa shape index (κ3) is 5.10. The molecule has 0 bridgehead atoms. The molecule has 1 amide bonds. The molecule has 0 fully saturated rings. The van der Waals surface area contributed by atoms with E-state index in [-0.39, 0.29) is 17.2 Å². The second-order valence-electron chi connectivity index (χ2n) is 7.71. The van der Waals surface area contributed by atoms with Crippen LogP contribution in [0.2, 0.25) is 0 Å². The largest absolute Gasteiger partial charge is 0.332 e. The highest BCUT2D eigenvalue weighted by molar-refractivity contribution is 7.99. The van der Waals surface area contributed by atoms with Crippen molar-refractivity contribution in [1.29, 1.82) is 0 Å². The standard InChI is InChI=1S/C22H29N5O3S/c1-15-8-5-9-16(2)18(15)24-17(28)10-6-12-31-13-7-11-27-21(29)19-20(23-14-25(19)3)26(4)22(27)30/h5,8-9,14H,6-7,10-13H2,1-4H3,(H,24,28). The van der Waals surface area contributed by atoms with Gasteiger partial charge in [-0.15, -0.1) is 0 Å². The lowest BCUT2D eigenvalue weighted by Gasteiger charge is -2.11. The lowest BCUT2D eigenvalue weighted by atomic mass is 10.1. The zero-order valence-corrected chi connectivity index (χ0v) is 19.3. The number of nitrogens with zero attached hydrogens (tertiary/aromatic N) is 4. The highest BCUT2D eigenvalue weighted by Crippen LogP contribution is 2.20. The van der Waals surface area contributed by atoms with Crippen LogP contribution in [0.3, 0.4) is 0 Å². The first-order valence-corrected chi connectivity index (χ1v) is 11.5. The number of carbonyl (C=O) groups excluding carboxylic acids is 1. The molecule has 0 atom stereocenters. The van der Waals surface area contributed by atoms with E-state index in [1.165, 1.54) is 9.13 Å². The van der Waals surface area contributed by atoms with Gasteiger partial charge in [0.25, 0.3) is 5.56 Å². The number of fused-ring (bicyclic) bond motifs is 1. The summed E-state index contributed by atoms with van der Waals surface area (Å²) in [6.45, 7) is 4.35. The summed E-state index contributed by atoms with van der Waals surface area (Å²) in [6, 6.07) is 5.96. The van der Waals surface area contributed by atoms with Gasteiger partial charge >= 0.3 is 5.69 Å². The summed E-state index contributed by atoms with van der Waals surface area (Å²) in [7, 11) is 3.38. The molecule has 0 saturated heterocycles. The van der Waals surface area contributed by atoms with Gasteiger partial charge in [0.2, 0.25) is 5.91 Å². The van der Waals surface area contributed by atoms with E-state index < -0.39 is 0 Å². The van der Waals surface area contributed by atoms with Crippen molar-refractivity contribution >= 4 is 34.5 Å². The van der Waals surface area contributed by atoms with Gasteiger partial charge in [-0.05, 0) is 49.3 Å². The average molecular weight is 444 g/mol. The monoisotopic (exact) mass is 443 g/mol. The first-order valence-electron chi connectivity index (χ1n) is 10.4. The summed E-state index contributed by atoms with van der Waals surface area (Å²) >= 11 is 1.73. The van der Waals surface area contributed by atoms with E-state index in [4.69, 9.17) is 0 Å². The van der Waals surface area contributed by atoms with Crippen molar-refractivity contribution in [1.82, 2.24) is 18.7 Å². The van der Waals surface area contributed by atoms with Gasteiger partial charge in [0.1, 0.15) is 0 Å². The van der Waals surface area contributed by atoms with Crippen molar-refractivity contribution in [2.45, 2.75) is 39.7 Å². The van der Waals surface area contributed by atoms with Gasteiger partial charge in [-0.1, -0.05) is 18.2 Å². The summed E-state index contributed by atoms with van der Waals surface area (Å²) < 4.78 is 4.34. The minimum Gasteiger partial charge on any atom is -0.328 e. The SMILES string of the molecule is Cc1cccc(C)c1NC(=O)CCCSCCCn1c(=O)c2c(ncn2C)n(C)c1=O. The van der Waals surface area contributed by atoms with Gasteiger partial charge < -0.3 is 9.88 Å². The molecular formula is C22H29N5O3S. The molecule has 3 aromatic rings. The molecule has 166 valence electrons. The summed E-state index contributed by atoms with van der Waals surface area (Å²) in [4.78, 5) is 41.5. The number of imidazole rings is 1. The minimum absolute atomic E-state index is 0.0255. The average Bonchev–Trinajstić information content (AvgIpc) is 3.12. The third-order valence-corrected chi connectivity index (χ3v) is 6.46. The van der Waals surface area contributed by atoms with E-state index in [0.29, 0.717) is 30.6 Å². The van der Waals surface area contributed by atoms with Gasteiger partial charge in [-0.3, -0.25) is 18.7 Å². The summed E-state index contributed by atoms with van der Waals surface area (Å²) in [6.07, 6.45) is 3.50. The van der Waals surface area contributed by atoms with Crippen molar-refractivity contribution in [3.05, 3.63) is 56.5 Å². The van der Waals surface area contributed by atoms with E-state index in [9.17, 15) is 14.4 Å². The molecule has 1 N–H and O–H groups in total. The van der Waals surface area contributed by atoms with Crippen LogP contribution in [-0.4, -0.2) is 36.1 Å². The molecule has 0 radical (unpaired) electrons.